The van der Waals surface area contributed by atoms with Gasteiger partial charge in [0.15, 0.2) is 0 Å². The SMILES string of the molecule is CCc1nc(Cl)cc(NC(C)c2ncc(C)o2)n1. The van der Waals surface area contributed by atoms with E-state index < -0.39 is 0 Å². The van der Waals surface area contributed by atoms with Crippen LogP contribution in [0.5, 0.6) is 0 Å². The van der Waals surface area contributed by atoms with E-state index in [1.54, 1.807) is 12.3 Å². The van der Waals surface area contributed by atoms with Crippen LogP contribution in [0.3, 0.4) is 0 Å². The van der Waals surface area contributed by atoms with Gasteiger partial charge >= 0.3 is 0 Å². The molecule has 1 N–H and O–H groups in total. The Labute approximate surface area is 111 Å². The van der Waals surface area contributed by atoms with Gasteiger partial charge in [-0.2, -0.15) is 0 Å². The van der Waals surface area contributed by atoms with E-state index in [0.717, 1.165) is 12.2 Å². The molecule has 2 aromatic heterocycles. The summed E-state index contributed by atoms with van der Waals surface area (Å²) in [5.41, 5.74) is 0. The van der Waals surface area contributed by atoms with E-state index in [9.17, 15) is 0 Å². The van der Waals surface area contributed by atoms with Crippen LogP contribution >= 0.6 is 11.6 Å². The van der Waals surface area contributed by atoms with Crippen molar-refractivity contribution in [3.63, 3.8) is 0 Å². The summed E-state index contributed by atoms with van der Waals surface area (Å²) in [6, 6.07) is 1.61. The topological polar surface area (TPSA) is 63.8 Å². The van der Waals surface area contributed by atoms with Crippen LogP contribution in [0.15, 0.2) is 16.7 Å². The number of rotatable bonds is 4. The lowest BCUT2D eigenvalue weighted by atomic mass is 10.3. The number of oxazole rings is 1. The molecule has 1 atom stereocenters. The van der Waals surface area contributed by atoms with E-state index in [1.165, 1.54) is 0 Å². The average Bonchev–Trinajstić information content (AvgIpc) is 2.75. The molecule has 0 amide bonds. The molecule has 0 aliphatic heterocycles. The number of anilines is 1. The monoisotopic (exact) mass is 266 g/mol. The molecule has 0 saturated heterocycles. The van der Waals surface area contributed by atoms with Crippen LogP contribution < -0.4 is 5.32 Å². The van der Waals surface area contributed by atoms with Gasteiger partial charge in [-0.15, -0.1) is 0 Å². The molecule has 0 aliphatic rings. The van der Waals surface area contributed by atoms with Crippen molar-refractivity contribution in [1.29, 1.82) is 0 Å². The Morgan fingerprint density at radius 1 is 1.44 bits per heavy atom. The summed E-state index contributed by atoms with van der Waals surface area (Å²) < 4.78 is 5.45. The van der Waals surface area contributed by atoms with Crippen LogP contribution in [0, 0.1) is 6.92 Å². The number of hydrogen-bond donors (Lipinski definition) is 1. The summed E-state index contributed by atoms with van der Waals surface area (Å²) in [7, 11) is 0. The lowest BCUT2D eigenvalue weighted by molar-refractivity contribution is 0.453. The van der Waals surface area contributed by atoms with E-state index in [2.05, 4.69) is 20.3 Å². The molecule has 0 saturated carbocycles. The molecule has 0 radical (unpaired) electrons. The maximum absolute atomic E-state index is 5.93. The zero-order valence-corrected chi connectivity index (χ0v) is 11.3. The van der Waals surface area contributed by atoms with Crippen molar-refractivity contribution >= 4 is 17.4 Å². The molecule has 6 heteroatoms. The van der Waals surface area contributed by atoms with Gasteiger partial charge < -0.3 is 9.73 Å². The summed E-state index contributed by atoms with van der Waals surface area (Å²) in [5, 5.41) is 3.63. The molecule has 0 bridgehead atoms. The highest BCUT2D eigenvalue weighted by Gasteiger charge is 2.12. The van der Waals surface area contributed by atoms with Crippen LogP contribution in [0.2, 0.25) is 5.15 Å². The Morgan fingerprint density at radius 3 is 2.83 bits per heavy atom. The first-order valence-corrected chi connectivity index (χ1v) is 6.18. The average molecular weight is 267 g/mol. The number of nitrogens with one attached hydrogen (secondary N) is 1. The molecule has 0 fully saturated rings. The second-order valence-corrected chi connectivity index (χ2v) is 4.41. The van der Waals surface area contributed by atoms with Gasteiger partial charge in [0.2, 0.25) is 5.89 Å². The molecule has 2 rings (SSSR count). The third-order valence-electron chi connectivity index (χ3n) is 2.43. The van der Waals surface area contributed by atoms with E-state index in [0.29, 0.717) is 22.7 Å². The predicted molar refractivity (Wildman–Crippen MR) is 69.7 cm³/mol. The minimum atomic E-state index is -0.0747. The Balaban J connectivity index is 2.16. The molecule has 2 heterocycles. The van der Waals surface area contributed by atoms with Gasteiger partial charge in [-0.3, -0.25) is 0 Å². The molecule has 18 heavy (non-hydrogen) atoms. The van der Waals surface area contributed by atoms with Crippen LogP contribution in [0.4, 0.5) is 5.82 Å². The maximum atomic E-state index is 5.93. The van der Waals surface area contributed by atoms with Crippen molar-refractivity contribution in [2.45, 2.75) is 33.2 Å². The fourth-order valence-electron chi connectivity index (χ4n) is 1.55. The summed E-state index contributed by atoms with van der Waals surface area (Å²) >= 11 is 5.93. The third-order valence-corrected chi connectivity index (χ3v) is 2.63. The fourth-order valence-corrected chi connectivity index (χ4v) is 1.75. The molecule has 96 valence electrons. The second-order valence-electron chi connectivity index (χ2n) is 4.02. The van der Waals surface area contributed by atoms with Crippen molar-refractivity contribution in [2.24, 2.45) is 0 Å². The minimum Gasteiger partial charge on any atom is -0.444 e. The Kier molecular flexibility index (Phi) is 3.81. The number of nitrogens with zero attached hydrogens (tertiary/aromatic N) is 3. The smallest absolute Gasteiger partial charge is 0.216 e. The van der Waals surface area contributed by atoms with Gasteiger partial charge in [-0.1, -0.05) is 18.5 Å². The quantitative estimate of drug-likeness (QED) is 0.861. The molecular formula is C12H15ClN4O. The number of aryl methyl sites for hydroxylation is 2. The Morgan fingerprint density at radius 2 is 2.22 bits per heavy atom. The first-order chi connectivity index (χ1) is 8.58. The summed E-state index contributed by atoms with van der Waals surface area (Å²) in [5.74, 6) is 2.80. The van der Waals surface area contributed by atoms with Crippen LogP contribution in [-0.2, 0) is 6.42 Å². The first kappa shape index (κ1) is 12.8. The van der Waals surface area contributed by atoms with Crippen LogP contribution in [-0.4, -0.2) is 15.0 Å². The van der Waals surface area contributed by atoms with Gasteiger partial charge in [-0.25, -0.2) is 15.0 Å². The Bertz CT molecular complexity index is 541. The van der Waals surface area contributed by atoms with Gasteiger partial charge in [0.25, 0.3) is 0 Å². The number of hydrogen-bond acceptors (Lipinski definition) is 5. The maximum Gasteiger partial charge on any atom is 0.216 e. The summed E-state index contributed by atoms with van der Waals surface area (Å²) in [6.45, 7) is 5.79. The standard InChI is InChI=1S/C12H15ClN4O/c1-4-10-16-9(13)5-11(17-10)15-8(3)12-14-6-7(2)18-12/h5-6,8H,4H2,1-3H3,(H,15,16,17). The largest absolute Gasteiger partial charge is 0.444 e. The zero-order chi connectivity index (χ0) is 13.1. The van der Waals surface area contributed by atoms with Crippen molar-refractivity contribution in [1.82, 2.24) is 15.0 Å². The fraction of sp³-hybridized carbons (Fsp3) is 0.417. The second kappa shape index (κ2) is 5.35. The lowest BCUT2D eigenvalue weighted by Crippen LogP contribution is -2.09. The number of halogens is 1. The zero-order valence-electron chi connectivity index (χ0n) is 10.6. The van der Waals surface area contributed by atoms with Crippen LogP contribution in [0.1, 0.15) is 37.4 Å². The van der Waals surface area contributed by atoms with Crippen LogP contribution in [0.25, 0.3) is 0 Å². The Hall–Kier alpha value is -1.62. The normalized spacial score (nSPS) is 12.4. The molecule has 0 spiro atoms. The van der Waals surface area contributed by atoms with Crippen molar-refractivity contribution in [2.75, 3.05) is 5.32 Å². The summed E-state index contributed by atoms with van der Waals surface area (Å²) in [4.78, 5) is 12.6. The molecule has 5 nitrogen and oxygen atoms in total. The third kappa shape index (κ3) is 2.98. The van der Waals surface area contributed by atoms with E-state index in [1.807, 2.05) is 20.8 Å². The molecule has 0 aromatic carbocycles. The predicted octanol–water partition coefficient (Wildman–Crippen LogP) is 3.16. The van der Waals surface area contributed by atoms with E-state index >= 15 is 0 Å². The van der Waals surface area contributed by atoms with Gasteiger partial charge in [0, 0.05) is 12.5 Å². The van der Waals surface area contributed by atoms with E-state index in [-0.39, 0.29) is 6.04 Å². The highest BCUT2D eigenvalue weighted by molar-refractivity contribution is 6.29. The highest BCUT2D eigenvalue weighted by atomic mass is 35.5. The molecule has 1 unspecified atom stereocenters. The highest BCUT2D eigenvalue weighted by Crippen LogP contribution is 2.19. The van der Waals surface area contributed by atoms with Gasteiger partial charge in [0.05, 0.1) is 6.20 Å². The van der Waals surface area contributed by atoms with Gasteiger partial charge in [-0.05, 0) is 13.8 Å². The van der Waals surface area contributed by atoms with Gasteiger partial charge in [0.1, 0.15) is 28.6 Å². The lowest BCUT2D eigenvalue weighted by Gasteiger charge is -2.11. The van der Waals surface area contributed by atoms with E-state index in [4.69, 9.17) is 16.0 Å². The minimum absolute atomic E-state index is 0.0747. The summed E-state index contributed by atoms with van der Waals surface area (Å²) in [6.07, 6.45) is 2.43. The molecular weight excluding hydrogens is 252 g/mol. The molecule has 2 aromatic rings. The van der Waals surface area contributed by atoms with Crippen molar-refractivity contribution in [3.05, 3.63) is 34.9 Å². The van der Waals surface area contributed by atoms with Crippen molar-refractivity contribution in [3.8, 4) is 0 Å². The van der Waals surface area contributed by atoms with Crippen molar-refractivity contribution < 1.29 is 4.42 Å². The first-order valence-electron chi connectivity index (χ1n) is 5.80. The number of aromatic nitrogens is 3. The molecule has 0 aliphatic carbocycles.